The van der Waals surface area contributed by atoms with E-state index in [1.165, 1.54) is 32.1 Å². The zero-order chi connectivity index (χ0) is 8.93. The number of nitrogens with one attached hydrogen (secondary N) is 2. The van der Waals surface area contributed by atoms with Crippen LogP contribution in [0.2, 0.25) is 0 Å². The summed E-state index contributed by atoms with van der Waals surface area (Å²) >= 11 is 0. The molecule has 4 nitrogen and oxygen atoms in total. The lowest BCUT2D eigenvalue weighted by molar-refractivity contribution is 0.414. The van der Waals surface area contributed by atoms with Crippen LogP contribution in [0.5, 0.6) is 0 Å². The van der Waals surface area contributed by atoms with Gasteiger partial charge in [0.1, 0.15) is 12.2 Å². The van der Waals surface area contributed by atoms with E-state index in [-0.39, 0.29) is 0 Å². The van der Waals surface area contributed by atoms with Crippen molar-refractivity contribution >= 4 is 0 Å². The first-order valence-electron chi connectivity index (χ1n) is 5.05. The van der Waals surface area contributed by atoms with Gasteiger partial charge in [0.25, 0.3) is 0 Å². The molecule has 2 rings (SSSR count). The Balaban J connectivity index is 1.96. The number of rotatable bonds is 1. The molecule has 0 saturated carbocycles. The van der Waals surface area contributed by atoms with E-state index in [1.807, 2.05) is 0 Å². The Kier molecular flexibility index (Phi) is 2.92. The molecule has 0 radical (unpaired) electrons. The maximum absolute atomic E-state index is 4.18. The highest BCUT2D eigenvalue weighted by Crippen LogP contribution is 2.18. The summed E-state index contributed by atoms with van der Waals surface area (Å²) in [4.78, 5) is 4.18. The van der Waals surface area contributed by atoms with Crippen LogP contribution in [0.1, 0.15) is 44.0 Å². The van der Waals surface area contributed by atoms with E-state index in [0.29, 0.717) is 6.04 Å². The minimum absolute atomic E-state index is 0.391. The van der Waals surface area contributed by atoms with Gasteiger partial charge in [-0.3, -0.25) is 5.10 Å². The number of hydrogen-bond acceptors (Lipinski definition) is 3. The van der Waals surface area contributed by atoms with Crippen molar-refractivity contribution in [1.82, 2.24) is 20.5 Å². The average molecular weight is 180 g/mol. The standard InChI is InChI=1S/C9H16N4/c1-2-4-6-10-8(5-3-1)9-11-7-12-13-9/h7-8,10H,1-6H2,(H,11,12,13). The van der Waals surface area contributed by atoms with Crippen molar-refractivity contribution in [1.29, 1.82) is 0 Å². The van der Waals surface area contributed by atoms with Gasteiger partial charge in [0.05, 0.1) is 6.04 Å². The largest absolute Gasteiger partial charge is 0.307 e. The predicted octanol–water partition coefficient (Wildman–Crippen LogP) is 1.40. The minimum Gasteiger partial charge on any atom is -0.307 e. The Morgan fingerprint density at radius 2 is 2.15 bits per heavy atom. The first-order valence-corrected chi connectivity index (χ1v) is 5.05. The van der Waals surface area contributed by atoms with Crippen molar-refractivity contribution in [3.8, 4) is 0 Å². The van der Waals surface area contributed by atoms with Crippen molar-refractivity contribution in [2.75, 3.05) is 6.54 Å². The summed E-state index contributed by atoms with van der Waals surface area (Å²) in [5.41, 5.74) is 0. The van der Waals surface area contributed by atoms with Crippen LogP contribution in [0.3, 0.4) is 0 Å². The summed E-state index contributed by atoms with van der Waals surface area (Å²) in [5.74, 6) is 0.988. The van der Waals surface area contributed by atoms with Crippen LogP contribution >= 0.6 is 0 Å². The molecule has 72 valence electrons. The van der Waals surface area contributed by atoms with Crippen LogP contribution < -0.4 is 5.32 Å². The van der Waals surface area contributed by atoms with E-state index in [9.17, 15) is 0 Å². The summed E-state index contributed by atoms with van der Waals surface area (Å²) < 4.78 is 0. The second-order valence-corrected chi connectivity index (χ2v) is 3.58. The quantitative estimate of drug-likeness (QED) is 0.687. The molecule has 4 heteroatoms. The van der Waals surface area contributed by atoms with Gasteiger partial charge in [-0.2, -0.15) is 5.10 Å². The molecule has 1 saturated heterocycles. The van der Waals surface area contributed by atoms with E-state index in [1.54, 1.807) is 6.33 Å². The summed E-state index contributed by atoms with van der Waals surface area (Å²) in [6.45, 7) is 1.10. The second-order valence-electron chi connectivity index (χ2n) is 3.58. The molecule has 1 aromatic rings. The van der Waals surface area contributed by atoms with Crippen LogP contribution in [0.15, 0.2) is 6.33 Å². The van der Waals surface area contributed by atoms with Crippen LogP contribution in [-0.2, 0) is 0 Å². The molecule has 1 aliphatic heterocycles. The number of aromatic nitrogens is 3. The Hall–Kier alpha value is -0.900. The molecule has 1 aliphatic rings. The highest BCUT2D eigenvalue weighted by atomic mass is 15.2. The summed E-state index contributed by atoms with van der Waals surface area (Å²) in [7, 11) is 0. The van der Waals surface area contributed by atoms with Gasteiger partial charge in [-0.25, -0.2) is 4.98 Å². The third-order valence-electron chi connectivity index (χ3n) is 2.57. The lowest BCUT2D eigenvalue weighted by Crippen LogP contribution is -2.25. The monoisotopic (exact) mass is 180 g/mol. The second kappa shape index (κ2) is 4.37. The fourth-order valence-corrected chi connectivity index (χ4v) is 1.82. The molecule has 1 fully saturated rings. The molecule has 2 heterocycles. The number of hydrogen-bond donors (Lipinski definition) is 2. The third-order valence-corrected chi connectivity index (χ3v) is 2.57. The highest BCUT2D eigenvalue weighted by molar-refractivity contribution is 4.91. The van der Waals surface area contributed by atoms with Crippen molar-refractivity contribution in [3.05, 3.63) is 12.2 Å². The van der Waals surface area contributed by atoms with Crippen LogP contribution in [0.25, 0.3) is 0 Å². The smallest absolute Gasteiger partial charge is 0.141 e. The van der Waals surface area contributed by atoms with Gasteiger partial charge in [-0.15, -0.1) is 0 Å². The molecule has 1 atom stereocenters. The SMILES string of the molecule is c1n[nH]c(C2CCCCCCN2)n1. The normalized spacial score (nSPS) is 25.1. The van der Waals surface area contributed by atoms with Gasteiger partial charge in [0, 0.05) is 0 Å². The van der Waals surface area contributed by atoms with Crippen LogP contribution in [-0.4, -0.2) is 21.7 Å². The maximum atomic E-state index is 4.18. The Morgan fingerprint density at radius 3 is 3.00 bits per heavy atom. The van der Waals surface area contributed by atoms with Crippen molar-refractivity contribution < 1.29 is 0 Å². The Labute approximate surface area is 78.1 Å². The number of nitrogens with zero attached hydrogens (tertiary/aromatic N) is 2. The van der Waals surface area contributed by atoms with Crippen LogP contribution in [0.4, 0.5) is 0 Å². The van der Waals surface area contributed by atoms with E-state index in [2.05, 4.69) is 20.5 Å². The first-order chi connectivity index (χ1) is 6.47. The maximum Gasteiger partial charge on any atom is 0.141 e. The van der Waals surface area contributed by atoms with Gasteiger partial charge in [0.15, 0.2) is 0 Å². The fourth-order valence-electron chi connectivity index (χ4n) is 1.82. The highest BCUT2D eigenvalue weighted by Gasteiger charge is 2.14. The summed E-state index contributed by atoms with van der Waals surface area (Å²) in [6, 6.07) is 0.391. The van der Waals surface area contributed by atoms with Crippen molar-refractivity contribution in [2.45, 2.75) is 38.1 Å². The van der Waals surface area contributed by atoms with Gasteiger partial charge >= 0.3 is 0 Å². The molecule has 2 N–H and O–H groups in total. The van der Waals surface area contributed by atoms with Crippen molar-refractivity contribution in [3.63, 3.8) is 0 Å². The summed E-state index contributed by atoms with van der Waals surface area (Å²) in [6.07, 6.45) is 8.04. The van der Waals surface area contributed by atoms with Crippen LogP contribution in [0, 0.1) is 0 Å². The predicted molar refractivity (Wildman–Crippen MR) is 50.2 cm³/mol. The first kappa shape index (κ1) is 8.69. The van der Waals surface area contributed by atoms with Gasteiger partial charge in [0.2, 0.25) is 0 Å². The lowest BCUT2D eigenvalue weighted by Gasteiger charge is -2.18. The molecule has 1 aromatic heterocycles. The van der Waals surface area contributed by atoms with E-state index in [0.717, 1.165) is 12.4 Å². The molecule has 0 amide bonds. The molecule has 0 aliphatic carbocycles. The Bertz CT molecular complexity index is 224. The van der Waals surface area contributed by atoms with Crippen molar-refractivity contribution in [2.24, 2.45) is 0 Å². The fraction of sp³-hybridized carbons (Fsp3) is 0.778. The lowest BCUT2D eigenvalue weighted by atomic mass is 10.0. The minimum atomic E-state index is 0.391. The summed E-state index contributed by atoms with van der Waals surface area (Å²) in [5, 5.41) is 10.3. The van der Waals surface area contributed by atoms with Gasteiger partial charge in [-0.1, -0.05) is 19.3 Å². The number of aromatic amines is 1. The molecule has 0 aromatic carbocycles. The zero-order valence-corrected chi connectivity index (χ0v) is 7.79. The van der Waals surface area contributed by atoms with Gasteiger partial charge in [-0.05, 0) is 19.4 Å². The molecular formula is C9H16N4. The topological polar surface area (TPSA) is 53.6 Å². The van der Waals surface area contributed by atoms with E-state index < -0.39 is 0 Å². The van der Waals surface area contributed by atoms with E-state index >= 15 is 0 Å². The molecule has 13 heavy (non-hydrogen) atoms. The molecule has 0 bridgehead atoms. The zero-order valence-electron chi connectivity index (χ0n) is 7.79. The average Bonchev–Trinajstić information content (AvgIpc) is 2.55. The molecular weight excluding hydrogens is 164 g/mol. The third kappa shape index (κ3) is 2.28. The Morgan fingerprint density at radius 1 is 1.23 bits per heavy atom. The number of H-pyrrole nitrogens is 1. The van der Waals surface area contributed by atoms with Gasteiger partial charge < -0.3 is 5.32 Å². The molecule has 0 spiro atoms. The molecule has 1 unspecified atom stereocenters. The van der Waals surface area contributed by atoms with E-state index in [4.69, 9.17) is 0 Å².